The number of halogens is 2. The first-order chi connectivity index (χ1) is 16.9. The summed E-state index contributed by atoms with van der Waals surface area (Å²) >= 11 is 0. The molecule has 1 N–H and O–H groups in total. The van der Waals surface area contributed by atoms with E-state index in [9.17, 15) is 18.4 Å². The van der Waals surface area contributed by atoms with E-state index in [-0.39, 0.29) is 40.7 Å². The molecular formula is C27H26F2N4O2. The molecule has 0 aliphatic heterocycles. The van der Waals surface area contributed by atoms with Gasteiger partial charge in [0.05, 0.1) is 23.5 Å². The number of amides is 1. The van der Waals surface area contributed by atoms with Crippen LogP contribution in [0.2, 0.25) is 0 Å². The van der Waals surface area contributed by atoms with E-state index < -0.39 is 17.3 Å². The van der Waals surface area contributed by atoms with Gasteiger partial charge in [0, 0.05) is 30.0 Å². The van der Waals surface area contributed by atoms with Crippen LogP contribution in [0.5, 0.6) is 0 Å². The number of benzene rings is 2. The van der Waals surface area contributed by atoms with E-state index >= 15 is 0 Å². The maximum absolute atomic E-state index is 14.9. The number of nitrogens with zero attached hydrogens (tertiary/aromatic N) is 3. The number of hydrogen-bond donors (Lipinski definition) is 1. The lowest BCUT2D eigenvalue weighted by Gasteiger charge is -2.22. The Hall–Kier alpha value is -3.81. The molecule has 8 heteroatoms. The zero-order valence-corrected chi connectivity index (χ0v) is 19.6. The molecule has 0 spiro atoms. The van der Waals surface area contributed by atoms with Crippen molar-refractivity contribution in [3.8, 4) is 0 Å². The van der Waals surface area contributed by atoms with Crippen molar-refractivity contribution in [2.45, 2.75) is 45.8 Å². The van der Waals surface area contributed by atoms with Gasteiger partial charge in [-0.15, -0.1) is 0 Å². The number of aryl methyl sites for hydroxylation is 1. The molecule has 2 heterocycles. The minimum absolute atomic E-state index is 0.103. The zero-order chi connectivity index (χ0) is 24.7. The van der Waals surface area contributed by atoms with Crippen molar-refractivity contribution in [1.29, 1.82) is 0 Å². The summed E-state index contributed by atoms with van der Waals surface area (Å²) in [5.74, 6) is -0.640. The summed E-state index contributed by atoms with van der Waals surface area (Å²) in [5.41, 5.74) is 0.828. The predicted octanol–water partition coefficient (Wildman–Crippen LogP) is 4.73. The number of pyridine rings is 1. The quantitative estimate of drug-likeness (QED) is 0.419. The number of nitrogens with one attached hydrogen (secondary N) is 1. The molecule has 0 radical (unpaired) electrons. The van der Waals surface area contributed by atoms with Crippen LogP contribution < -0.4 is 10.9 Å². The maximum Gasteiger partial charge on any atom is 0.262 e. The Kier molecular flexibility index (Phi) is 5.96. The van der Waals surface area contributed by atoms with Gasteiger partial charge in [-0.05, 0) is 56.4 Å². The largest absolute Gasteiger partial charge is 0.345 e. The highest BCUT2D eigenvalue weighted by Crippen LogP contribution is 2.41. The van der Waals surface area contributed by atoms with E-state index in [1.54, 1.807) is 31.3 Å². The Morgan fingerprint density at radius 1 is 1.20 bits per heavy atom. The van der Waals surface area contributed by atoms with Gasteiger partial charge >= 0.3 is 0 Å². The molecule has 2 aromatic heterocycles. The molecule has 0 bridgehead atoms. The Balaban J connectivity index is 1.63. The molecule has 1 amide bonds. The number of hydrogen-bond acceptors (Lipinski definition) is 3. The van der Waals surface area contributed by atoms with Gasteiger partial charge in [0.1, 0.15) is 17.5 Å². The molecule has 1 fully saturated rings. The fraction of sp³-hybridized carbons (Fsp3) is 0.296. The lowest BCUT2D eigenvalue weighted by Crippen LogP contribution is -2.34. The van der Waals surface area contributed by atoms with Gasteiger partial charge in [-0.3, -0.25) is 9.59 Å². The Labute approximate surface area is 201 Å². The van der Waals surface area contributed by atoms with Crippen LogP contribution in [-0.4, -0.2) is 20.0 Å². The van der Waals surface area contributed by atoms with E-state index in [1.807, 2.05) is 17.7 Å². The lowest BCUT2D eigenvalue weighted by atomic mass is 9.99. The molecule has 2 aromatic carbocycles. The van der Waals surface area contributed by atoms with Crippen LogP contribution in [0.1, 0.15) is 53.2 Å². The Morgan fingerprint density at radius 3 is 2.69 bits per heavy atom. The van der Waals surface area contributed by atoms with Crippen molar-refractivity contribution < 1.29 is 13.6 Å². The fourth-order valence-corrected chi connectivity index (χ4v) is 4.78. The molecule has 180 valence electrons. The first-order valence-electron chi connectivity index (χ1n) is 11.8. The maximum atomic E-state index is 14.9. The second-order valence-electron chi connectivity index (χ2n) is 8.99. The van der Waals surface area contributed by atoms with Crippen molar-refractivity contribution in [1.82, 2.24) is 19.4 Å². The number of fused-ring (bicyclic) bond motifs is 1. The van der Waals surface area contributed by atoms with Crippen molar-refractivity contribution in [2.24, 2.45) is 5.92 Å². The molecule has 35 heavy (non-hydrogen) atoms. The summed E-state index contributed by atoms with van der Waals surface area (Å²) in [4.78, 5) is 31.4. The van der Waals surface area contributed by atoms with Crippen LogP contribution in [0.4, 0.5) is 8.78 Å². The predicted molar refractivity (Wildman–Crippen MR) is 129 cm³/mol. The van der Waals surface area contributed by atoms with Gasteiger partial charge in [-0.1, -0.05) is 24.3 Å². The summed E-state index contributed by atoms with van der Waals surface area (Å²) in [6, 6.07) is 10.1. The highest BCUT2D eigenvalue weighted by Gasteiger charge is 2.34. The molecule has 4 aromatic rings. The fourth-order valence-electron chi connectivity index (χ4n) is 4.78. The summed E-state index contributed by atoms with van der Waals surface area (Å²) in [5, 5.41) is 3.18. The van der Waals surface area contributed by atoms with E-state index in [0.717, 1.165) is 12.8 Å². The van der Waals surface area contributed by atoms with Crippen LogP contribution in [-0.2, 0) is 13.1 Å². The number of rotatable bonds is 7. The Bertz CT molecular complexity index is 1490. The SMILES string of the molecule is CCn1ccnc1Cn1c(C)c(C(=O)NC(c2cccc(F)c2)C2CC2)c2cccc(F)c2c1=O. The molecular weight excluding hydrogens is 450 g/mol. The average Bonchev–Trinajstić information content (AvgIpc) is 3.57. The molecule has 1 unspecified atom stereocenters. The molecule has 1 aliphatic carbocycles. The molecule has 5 rings (SSSR count). The Morgan fingerprint density at radius 2 is 1.97 bits per heavy atom. The van der Waals surface area contributed by atoms with Gasteiger partial charge in [-0.2, -0.15) is 0 Å². The van der Waals surface area contributed by atoms with Crippen molar-refractivity contribution in [2.75, 3.05) is 0 Å². The van der Waals surface area contributed by atoms with E-state index in [1.165, 1.54) is 28.8 Å². The summed E-state index contributed by atoms with van der Waals surface area (Å²) in [7, 11) is 0. The first kappa shape index (κ1) is 23.0. The normalized spacial score (nSPS) is 14.3. The van der Waals surface area contributed by atoms with Crippen LogP contribution in [0.15, 0.2) is 59.7 Å². The first-order valence-corrected chi connectivity index (χ1v) is 11.8. The van der Waals surface area contributed by atoms with Crippen molar-refractivity contribution in [3.63, 3.8) is 0 Å². The number of carbonyl (C=O) groups excluding carboxylic acids is 1. The average molecular weight is 477 g/mol. The third kappa shape index (κ3) is 4.24. The number of aromatic nitrogens is 3. The zero-order valence-electron chi connectivity index (χ0n) is 19.6. The van der Waals surface area contributed by atoms with Crippen molar-refractivity contribution >= 4 is 16.7 Å². The minimum Gasteiger partial charge on any atom is -0.345 e. The van der Waals surface area contributed by atoms with Gasteiger partial charge in [-0.25, -0.2) is 13.8 Å². The van der Waals surface area contributed by atoms with Crippen molar-refractivity contribution in [3.05, 3.63) is 99.5 Å². The standard InChI is InChI=1S/C27H26F2N4O2/c1-3-32-13-12-30-22(32)15-33-16(2)23(20-8-5-9-21(29)24(20)27(33)35)26(34)31-25(17-10-11-17)18-6-4-7-19(28)14-18/h4-9,12-14,17,25H,3,10-11,15H2,1-2H3,(H,31,34). The number of imidazole rings is 1. The second kappa shape index (κ2) is 9.09. The molecule has 6 nitrogen and oxygen atoms in total. The third-order valence-electron chi connectivity index (χ3n) is 6.77. The van der Waals surface area contributed by atoms with E-state index in [2.05, 4.69) is 10.3 Å². The van der Waals surface area contributed by atoms with Crippen LogP contribution >= 0.6 is 0 Å². The van der Waals surface area contributed by atoms with E-state index in [4.69, 9.17) is 0 Å². The van der Waals surface area contributed by atoms with Crippen LogP contribution in [0, 0.1) is 24.5 Å². The molecule has 1 saturated carbocycles. The highest BCUT2D eigenvalue weighted by atomic mass is 19.1. The molecule has 1 atom stereocenters. The topological polar surface area (TPSA) is 68.9 Å². The molecule has 0 saturated heterocycles. The minimum atomic E-state index is -0.682. The van der Waals surface area contributed by atoms with E-state index in [0.29, 0.717) is 23.6 Å². The lowest BCUT2D eigenvalue weighted by molar-refractivity contribution is 0.0931. The smallest absolute Gasteiger partial charge is 0.262 e. The van der Waals surface area contributed by atoms with Crippen LogP contribution in [0.3, 0.4) is 0 Å². The van der Waals surface area contributed by atoms with Gasteiger partial charge < -0.3 is 14.5 Å². The third-order valence-corrected chi connectivity index (χ3v) is 6.77. The summed E-state index contributed by atoms with van der Waals surface area (Å²) in [6.45, 7) is 4.42. The van der Waals surface area contributed by atoms with Gasteiger partial charge in [0.2, 0.25) is 0 Å². The number of carbonyl (C=O) groups is 1. The van der Waals surface area contributed by atoms with Gasteiger partial charge in [0.15, 0.2) is 0 Å². The van der Waals surface area contributed by atoms with Crippen LogP contribution in [0.25, 0.3) is 10.8 Å². The molecule has 1 aliphatic rings. The summed E-state index contributed by atoms with van der Waals surface area (Å²) in [6.07, 6.45) is 5.31. The summed E-state index contributed by atoms with van der Waals surface area (Å²) < 4.78 is 32.2. The second-order valence-corrected chi connectivity index (χ2v) is 8.99. The van der Waals surface area contributed by atoms with Gasteiger partial charge in [0.25, 0.3) is 11.5 Å². The highest BCUT2D eigenvalue weighted by molar-refractivity contribution is 6.08. The monoisotopic (exact) mass is 476 g/mol.